The maximum absolute atomic E-state index is 12.5. The van der Waals surface area contributed by atoms with Crippen molar-refractivity contribution in [1.29, 1.82) is 0 Å². The molecule has 23 heavy (non-hydrogen) atoms. The van der Waals surface area contributed by atoms with Crippen LogP contribution in [0.4, 0.5) is 0 Å². The summed E-state index contributed by atoms with van der Waals surface area (Å²) >= 11 is 1.98. The second-order valence-electron chi connectivity index (χ2n) is 5.75. The van der Waals surface area contributed by atoms with Gasteiger partial charge in [-0.25, -0.2) is 0 Å². The van der Waals surface area contributed by atoms with Crippen molar-refractivity contribution in [2.45, 2.75) is 13.0 Å². The van der Waals surface area contributed by atoms with E-state index in [1.54, 1.807) is 12.5 Å². The summed E-state index contributed by atoms with van der Waals surface area (Å²) in [6.07, 6.45) is 3.48. The van der Waals surface area contributed by atoms with E-state index in [2.05, 4.69) is 10.2 Å². The lowest BCUT2D eigenvalue weighted by molar-refractivity contribution is 0.0934. The number of carbonyl (C=O) groups excluding carboxylic acids is 1. The molecule has 1 saturated heterocycles. The normalized spacial score (nSPS) is 16.9. The Morgan fingerprint density at radius 3 is 2.78 bits per heavy atom. The lowest BCUT2D eigenvalue weighted by atomic mass is 10.1. The van der Waals surface area contributed by atoms with Crippen molar-refractivity contribution in [2.24, 2.45) is 0 Å². The maximum Gasteiger partial charge on any atom is 0.251 e. The smallest absolute Gasteiger partial charge is 0.251 e. The molecule has 4 nitrogen and oxygen atoms in total. The number of carbonyl (C=O) groups is 1. The third-order valence-corrected chi connectivity index (χ3v) is 5.20. The predicted octanol–water partition coefficient (Wildman–Crippen LogP) is 3.11. The zero-order chi connectivity index (χ0) is 16.1. The molecule has 1 aliphatic rings. The zero-order valence-corrected chi connectivity index (χ0v) is 14.1. The number of aryl methyl sites for hydroxylation is 1. The van der Waals surface area contributed by atoms with Crippen molar-refractivity contribution < 1.29 is 9.21 Å². The molecule has 3 rings (SSSR count). The molecule has 1 amide bonds. The Labute approximate surface area is 141 Å². The average Bonchev–Trinajstić information content (AvgIpc) is 3.10. The van der Waals surface area contributed by atoms with Crippen LogP contribution < -0.4 is 5.32 Å². The highest BCUT2D eigenvalue weighted by atomic mass is 32.2. The largest absolute Gasteiger partial charge is 0.472 e. The Morgan fingerprint density at radius 2 is 2.09 bits per heavy atom. The van der Waals surface area contributed by atoms with Gasteiger partial charge in [0.2, 0.25) is 0 Å². The monoisotopic (exact) mass is 330 g/mol. The Balaban J connectivity index is 1.69. The van der Waals surface area contributed by atoms with Crippen LogP contribution in [0.15, 0.2) is 47.3 Å². The van der Waals surface area contributed by atoms with Crippen LogP contribution in [-0.4, -0.2) is 41.9 Å². The number of thioether (sulfide) groups is 1. The van der Waals surface area contributed by atoms with Crippen molar-refractivity contribution in [1.82, 2.24) is 10.2 Å². The summed E-state index contributed by atoms with van der Waals surface area (Å²) in [5.41, 5.74) is 2.87. The quantitative estimate of drug-likeness (QED) is 0.915. The highest BCUT2D eigenvalue weighted by Crippen LogP contribution is 2.24. The highest BCUT2D eigenvalue weighted by Gasteiger charge is 2.24. The van der Waals surface area contributed by atoms with Gasteiger partial charge >= 0.3 is 0 Å². The molecule has 0 radical (unpaired) electrons. The van der Waals surface area contributed by atoms with Gasteiger partial charge in [0.05, 0.1) is 18.6 Å². The van der Waals surface area contributed by atoms with E-state index in [1.807, 2.05) is 49.0 Å². The van der Waals surface area contributed by atoms with Crippen LogP contribution >= 0.6 is 11.8 Å². The van der Waals surface area contributed by atoms with Gasteiger partial charge in [-0.2, -0.15) is 11.8 Å². The van der Waals surface area contributed by atoms with E-state index in [0.717, 1.165) is 41.3 Å². The van der Waals surface area contributed by atoms with Crippen molar-refractivity contribution in [3.8, 4) is 0 Å². The number of furan rings is 1. The summed E-state index contributed by atoms with van der Waals surface area (Å²) in [6, 6.07) is 9.84. The third kappa shape index (κ3) is 3.98. The lowest BCUT2D eigenvalue weighted by Gasteiger charge is -2.34. The summed E-state index contributed by atoms with van der Waals surface area (Å²) in [4.78, 5) is 14.9. The Bertz CT molecular complexity index is 636. The number of benzene rings is 1. The lowest BCUT2D eigenvalue weighted by Crippen LogP contribution is -2.42. The molecule has 0 saturated carbocycles. The summed E-state index contributed by atoms with van der Waals surface area (Å²) in [6.45, 7) is 4.64. The number of hydrogen-bond donors (Lipinski definition) is 1. The van der Waals surface area contributed by atoms with Gasteiger partial charge in [-0.15, -0.1) is 0 Å². The number of amides is 1. The van der Waals surface area contributed by atoms with Crippen molar-refractivity contribution in [2.75, 3.05) is 31.1 Å². The van der Waals surface area contributed by atoms with E-state index in [0.29, 0.717) is 6.54 Å². The average molecular weight is 330 g/mol. The highest BCUT2D eigenvalue weighted by molar-refractivity contribution is 7.99. The molecule has 0 aliphatic carbocycles. The third-order valence-electron chi connectivity index (χ3n) is 4.26. The number of nitrogens with zero attached hydrogens (tertiary/aromatic N) is 1. The fourth-order valence-corrected chi connectivity index (χ4v) is 3.86. The van der Waals surface area contributed by atoms with Crippen LogP contribution in [0.2, 0.25) is 0 Å². The first-order valence-electron chi connectivity index (χ1n) is 7.93. The molecule has 1 aromatic carbocycles. The van der Waals surface area contributed by atoms with E-state index in [9.17, 15) is 4.79 Å². The topological polar surface area (TPSA) is 45.5 Å². The van der Waals surface area contributed by atoms with Crippen molar-refractivity contribution in [3.05, 3.63) is 59.5 Å². The molecule has 0 bridgehead atoms. The zero-order valence-electron chi connectivity index (χ0n) is 13.3. The summed E-state index contributed by atoms with van der Waals surface area (Å²) in [5.74, 6) is 2.27. The van der Waals surface area contributed by atoms with E-state index < -0.39 is 0 Å². The summed E-state index contributed by atoms with van der Waals surface area (Å²) in [5, 5.41) is 3.10. The van der Waals surface area contributed by atoms with Gasteiger partial charge in [-0.3, -0.25) is 9.69 Å². The fourth-order valence-electron chi connectivity index (χ4n) is 2.92. The summed E-state index contributed by atoms with van der Waals surface area (Å²) < 4.78 is 5.25. The van der Waals surface area contributed by atoms with Crippen LogP contribution in [0.5, 0.6) is 0 Å². The molecule has 5 heteroatoms. The molecular weight excluding hydrogens is 308 g/mol. The predicted molar refractivity (Wildman–Crippen MR) is 93.9 cm³/mol. The second-order valence-corrected chi connectivity index (χ2v) is 6.97. The minimum atomic E-state index is -0.0111. The molecule has 0 spiro atoms. The molecular formula is C18H22N2O2S. The number of nitrogens with one attached hydrogen (secondary N) is 1. The van der Waals surface area contributed by atoms with Gasteiger partial charge in [0.25, 0.3) is 5.91 Å². The van der Waals surface area contributed by atoms with E-state index in [1.165, 1.54) is 0 Å². The molecule has 1 N–H and O–H groups in total. The van der Waals surface area contributed by atoms with Gasteiger partial charge in [-0.05, 0) is 24.6 Å². The minimum absolute atomic E-state index is 0.0111. The second kappa shape index (κ2) is 7.70. The molecule has 1 aliphatic heterocycles. The van der Waals surface area contributed by atoms with Gasteiger partial charge in [0.15, 0.2) is 0 Å². The van der Waals surface area contributed by atoms with Gasteiger partial charge in [0.1, 0.15) is 0 Å². The number of rotatable bonds is 5. The van der Waals surface area contributed by atoms with Gasteiger partial charge < -0.3 is 9.73 Å². The van der Waals surface area contributed by atoms with Crippen LogP contribution in [0, 0.1) is 6.92 Å². The SMILES string of the molecule is Cc1ccccc1C(=O)NC[C@H](c1ccoc1)N1CCSCC1. The molecule has 2 aromatic rings. The Morgan fingerprint density at radius 1 is 1.30 bits per heavy atom. The van der Waals surface area contributed by atoms with Gasteiger partial charge in [-0.1, -0.05) is 18.2 Å². The molecule has 1 aromatic heterocycles. The molecule has 2 heterocycles. The van der Waals surface area contributed by atoms with Crippen LogP contribution in [0.3, 0.4) is 0 Å². The molecule has 0 unspecified atom stereocenters. The van der Waals surface area contributed by atoms with Crippen molar-refractivity contribution >= 4 is 17.7 Å². The first kappa shape index (κ1) is 16.1. The first-order chi connectivity index (χ1) is 11.3. The Hall–Kier alpha value is -1.72. The van der Waals surface area contributed by atoms with Crippen LogP contribution in [0.1, 0.15) is 27.5 Å². The molecule has 122 valence electrons. The van der Waals surface area contributed by atoms with E-state index in [-0.39, 0.29) is 11.9 Å². The summed E-state index contributed by atoms with van der Waals surface area (Å²) in [7, 11) is 0. The first-order valence-corrected chi connectivity index (χ1v) is 9.09. The maximum atomic E-state index is 12.5. The van der Waals surface area contributed by atoms with E-state index in [4.69, 9.17) is 4.42 Å². The van der Waals surface area contributed by atoms with Crippen molar-refractivity contribution in [3.63, 3.8) is 0 Å². The molecule has 1 fully saturated rings. The van der Waals surface area contributed by atoms with Crippen LogP contribution in [-0.2, 0) is 0 Å². The van der Waals surface area contributed by atoms with E-state index >= 15 is 0 Å². The van der Waals surface area contributed by atoms with Gasteiger partial charge in [0, 0.05) is 42.3 Å². The van der Waals surface area contributed by atoms with Crippen LogP contribution in [0.25, 0.3) is 0 Å². The minimum Gasteiger partial charge on any atom is -0.472 e. The fraction of sp³-hybridized carbons (Fsp3) is 0.389. The number of hydrogen-bond acceptors (Lipinski definition) is 4. The standard InChI is InChI=1S/C18H22N2O2S/c1-14-4-2-3-5-16(14)18(21)19-12-17(15-6-9-22-13-15)20-7-10-23-11-8-20/h2-6,9,13,17H,7-8,10-12H2,1H3,(H,19,21)/t17-/m1/s1. The molecule has 1 atom stereocenters. The Kier molecular flexibility index (Phi) is 5.41.